The van der Waals surface area contributed by atoms with Crippen LogP contribution in [-0.2, 0) is 9.47 Å². The van der Waals surface area contributed by atoms with Gasteiger partial charge in [0.15, 0.2) is 0 Å². The molecule has 1 aliphatic heterocycles. The highest BCUT2D eigenvalue weighted by Gasteiger charge is 2.47. The van der Waals surface area contributed by atoms with E-state index >= 15 is 0 Å². The third-order valence-electron chi connectivity index (χ3n) is 5.81. The number of aliphatic hydroxyl groups is 1. The van der Waals surface area contributed by atoms with Gasteiger partial charge in [0.1, 0.15) is 11.3 Å². The lowest BCUT2D eigenvalue weighted by Crippen LogP contribution is -2.53. The second-order valence-electron chi connectivity index (χ2n) is 10.4. The van der Waals surface area contributed by atoms with Gasteiger partial charge in [-0.3, -0.25) is 4.90 Å². The summed E-state index contributed by atoms with van der Waals surface area (Å²) in [5.74, 6) is 0. The van der Waals surface area contributed by atoms with E-state index < -0.39 is 29.6 Å². The van der Waals surface area contributed by atoms with Gasteiger partial charge >= 0.3 is 6.09 Å². The fraction of sp³-hybridized carbons (Fsp3) is 0.885. The first kappa shape index (κ1) is 28.0. The molecule has 1 N–H and O–H groups in total. The summed E-state index contributed by atoms with van der Waals surface area (Å²) < 4.78 is 11.3. The van der Waals surface area contributed by atoms with Gasteiger partial charge in [-0.15, -0.1) is 0 Å². The molecule has 0 bridgehead atoms. The molecule has 182 valence electrons. The van der Waals surface area contributed by atoms with Crippen LogP contribution in [0.25, 0.3) is 0 Å². The molecule has 1 rings (SSSR count). The minimum Gasteiger partial charge on any atom is -0.444 e. The van der Waals surface area contributed by atoms with E-state index in [0.29, 0.717) is 6.61 Å². The highest BCUT2D eigenvalue weighted by molar-refractivity contribution is 5.70. The largest absolute Gasteiger partial charge is 0.444 e. The molecule has 1 aliphatic rings. The summed E-state index contributed by atoms with van der Waals surface area (Å²) in [6.45, 7) is 11.8. The average molecular weight is 440 g/mol. The monoisotopic (exact) mass is 439 g/mol. The smallest absolute Gasteiger partial charge is 0.413 e. The lowest BCUT2D eigenvalue weighted by Gasteiger charge is -2.36. The molecule has 31 heavy (non-hydrogen) atoms. The summed E-state index contributed by atoms with van der Waals surface area (Å²) in [6, 6.07) is -0.432. The van der Waals surface area contributed by atoms with Gasteiger partial charge < -0.3 is 14.6 Å². The molecule has 0 aromatic rings. The number of hydrogen-bond acceptors (Lipinski definition) is 4. The molecule has 0 radical (unpaired) electrons. The van der Waals surface area contributed by atoms with Crippen LogP contribution in [0.3, 0.4) is 0 Å². The standard InChI is InChI=1S/C26H49NO4/c1-7-8-9-10-11-12-13-14-15-16-17-18-19-20-23(28)22-21-30-26(5,6)27(22)24(29)31-25(2,3)4/h19-20,22-23,28H,7-18,21H2,1-6H3/t22-,23?/m0/s1. The van der Waals surface area contributed by atoms with Crippen LogP contribution in [0.5, 0.6) is 0 Å². The van der Waals surface area contributed by atoms with Crippen LogP contribution in [0.1, 0.15) is 119 Å². The third-order valence-corrected chi connectivity index (χ3v) is 5.81. The van der Waals surface area contributed by atoms with Crippen LogP contribution in [0.2, 0.25) is 0 Å². The molecule has 0 aromatic heterocycles. The van der Waals surface area contributed by atoms with Crippen LogP contribution < -0.4 is 0 Å². The van der Waals surface area contributed by atoms with Gasteiger partial charge in [-0.05, 0) is 47.5 Å². The molecule has 2 atom stereocenters. The second kappa shape index (κ2) is 14.2. The molecular weight excluding hydrogens is 390 g/mol. The van der Waals surface area contributed by atoms with E-state index in [1.807, 2.05) is 46.8 Å². The Kier molecular flexibility index (Phi) is 12.8. The maximum absolute atomic E-state index is 12.7. The Morgan fingerprint density at radius 1 is 1.06 bits per heavy atom. The Morgan fingerprint density at radius 3 is 2.10 bits per heavy atom. The Labute approximate surface area is 191 Å². The highest BCUT2D eigenvalue weighted by atomic mass is 16.6. The fourth-order valence-electron chi connectivity index (χ4n) is 4.04. The Bertz CT molecular complexity index is 524. The molecular formula is C26H49NO4. The van der Waals surface area contributed by atoms with Crippen molar-refractivity contribution in [2.24, 2.45) is 0 Å². The van der Waals surface area contributed by atoms with Crippen molar-refractivity contribution in [1.29, 1.82) is 0 Å². The molecule has 1 fully saturated rings. The third kappa shape index (κ3) is 11.4. The molecule has 1 saturated heterocycles. The zero-order chi connectivity index (χ0) is 23.3. The first-order valence-electron chi connectivity index (χ1n) is 12.6. The molecule has 0 aliphatic carbocycles. The number of unbranched alkanes of at least 4 members (excludes halogenated alkanes) is 11. The van der Waals surface area contributed by atoms with E-state index in [-0.39, 0.29) is 0 Å². The maximum atomic E-state index is 12.7. The molecule has 1 amide bonds. The quantitative estimate of drug-likeness (QED) is 0.234. The minimum atomic E-state index is -0.794. The zero-order valence-electron chi connectivity index (χ0n) is 21.1. The van der Waals surface area contributed by atoms with E-state index in [9.17, 15) is 9.90 Å². The van der Waals surface area contributed by atoms with Crippen LogP contribution >= 0.6 is 0 Å². The van der Waals surface area contributed by atoms with E-state index in [1.165, 1.54) is 69.1 Å². The van der Waals surface area contributed by atoms with Crippen LogP contribution in [-0.4, -0.2) is 46.2 Å². The molecule has 1 unspecified atom stereocenters. The summed E-state index contributed by atoms with van der Waals surface area (Å²) in [7, 11) is 0. The molecule has 0 spiro atoms. The first-order valence-corrected chi connectivity index (χ1v) is 12.6. The SMILES string of the molecule is CCCCCCCCCCCCCC=CC(O)[C@@H]1COC(C)(C)N1C(=O)OC(C)(C)C. The van der Waals surface area contributed by atoms with Crippen molar-refractivity contribution in [3.8, 4) is 0 Å². The minimum absolute atomic E-state index is 0.302. The number of aliphatic hydroxyl groups excluding tert-OH is 1. The summed E-state index contributed by atoms with van der Waals surface area (Å²) in [4.78, 5) is 14.2. The number of allylic oxidation sites excluding steroid dienone is 1. The van der Waals surface area contributed by atoms with Crippen LogP contribution in [0.15, 0.2) is 12.2 Å². The number of carbonyl (C=O) groups excluding carboxylic acids is 1. The zero-order valence-corrected chi connectivity index (χ0v) is 21.1. The van der Waals surface area contributed by atoms with Crippen molar-refractivity contribution in [3.63, 3.8) is 0 Å². The van der Waals surface area contributed by atoms with Crippen molar-refractivity contribution in [3.05, 3.63) is 12.2 Å². The van der Waals surface area contributed by atoms with Gasteiger partial charge in [-0.1, -0.05) is 83.3 Å². The van der Waals surface area contributed by atoms with Crippen molar-refractivity contribution in [1.82, 2.24) is 4.90 Å². The van der Waals surface area contributed by atoms with E-state index in [0.717, 1.165) is 12.8 Å². The van der Waals surface area contributed by atoms with Crippen LogP contribution in [0.4, 0.5) is 4.79 Å². The van der Waals surface area contributed by atoms with E-state index in [4.69, 9.17) is 9.47 Å². The molecule has 5 nitrogen and oxygen atoms in total. The summed E-state index contributed by atoms with van der Waals surface area (Å²) >= 11 is 0. The van der Waals surface area contributed by atoms with Crippen LogP contribution in [0, 0.1) is 0 Å². The van der Waals surface area contributed by atoms with E-state index in [2.05, 4.69) is 6.92 Å². The summed E-state index contributed by atoms with van der Waals surface area (Å²) in [5, 5.41) is 10.7. The van der Waals surface area contributed by atoms with Gasteiger partial charge in [0.2, 0.25) is 0 Å². The highest BCUT2D eigenvalue weighted by Crippen LogP contribution is 2.31. The van der Waals surface area contributed by atoms with Gasteiger partial charge in [-0.25, -0.2) is 4.79 Å². The predicted molar refractivity (Wildman–Crippen MR) is 128 cm³/mol. The lowest BCUT2D eigenvalue weighted by atomic mass is 10.0. The Hall–Kier alpha value is -1.07. The number of carbonyl (C=O) groups is 1. The molecule has 0 aromatic carbocycles. The van der Waals surface area contributed by atoms with Gasteiger partial charge in [0.05, 0.1) is 18.8 Å². The van der Waals surface area contributed by atoms with Crippen molar-refractivity contribution < 1.29 is 19.4 Å². The van der Waals surface area contributed by atoms with Gasteiger partial charge in [0.25, 0.3) is 0 Å². The second-order valence-corrected chi connectivity index (χ2v) is 10.4. The summed E-state index contributed by atoms with van der Waals surface area (Å²) in [6.07, 6.45) is 18.2. The van der Waals surface area contributed by atoms with Crippen molar-refractivity contribution >= 4 is 6.09 Å². The number of rotatable bonds is 14. The van der Waals surface area contributed by atoms with E-state index in [1.54, 1.807) is 0 Å². The molecule has 0 saturated carbocycles. The number of nitrogens with zero attached hydrogens (tertiary/aromatic N) is 1. The van der Waals surface area contributed by atoms with Gasteiger partial charge in [-0.2, -0.15) is 0 Å². The average Bonchev–Trinajstić information content (AvgIpc) is 2.99. The van der Waals surface area contributed by atoms with Crippen molar-refractivity contribution in [2.45, 2.75) is 142 Å². The topological polar surface area (TPSA) is 59.0 Å². The van der Waals surface area contributed by atoms with Gasteiger partial charge in [0, 0.05) is 0 Å². The fourth-order valence-corrected chi connectivity index (χ4v) is 4.04. The number of amides is 1. The number of hydrogen-bond donors (Lipinski definition) is 1. The first-order chi connectivity index (χ1) is 14.6. The Morgan fingerprint density at radius 2 is 1.58 bits per heavy atom. The Balaban J connectivity index is 2.26. The molecule has 1 heterocycles. The number of ether oxygens (including phenoxy) is 2. The summed E-state index contributed by atoms with van der Waals surface area (Å²) in [5.41, 5.74) is -1.38. The predicted octanol–water partition coefficient (Wildman–Crippen LogP) is 6.98. The normalized spacial score (nSPS) is 19.8. The maximum Gasteiger partial charge on any atom is 0.413 e. The van der Waals surface area contributed by atoms with Crippen molar-refractivity contribution in [2.75, 3.05) is 6.61 Å². The molecule has 5 heteroatoms. The lowest BCUT2D eigenvalue weighted by molar-refractivity contribution is -0.0661.